The standard InChI is InChI=1S/C9H15N3O2S2/c1-12(2-7-3-15-6-11-7)9-5-16(13,14)4-8(9)10/h3,6,8-9H,2,4-5,10H2,1H3. The van der Waals surface area contributed by atoms with Crippen molar-refractivity contribution in [3.8, 4) is 0 Å². The van der Waals surface area contributed by atoms with Crippen LogP contribution in [0, 0.1) is 0 Å². The Kier molecular flexibility index (Phi) is 3.29. The molecule has 2 N–H and O–H groups in total. The molecule has 1 aromatic rings. The van der Waals surface area contributed by atoms with Crippen LogP contribution in [0.4, 0.5) is 0 Å². The molecular weight excluding hydrogens is 246 g/mol. The van der Waals surface area contributed by atoms with Crippen LogP contribution in [0.3, 0.4) is 0 Å². The predicted octanol–water partition coefficient (Wildman–Crippen LogP) is -0.301. The van der Waals surface area contributed by atoms with Crippen LogP contribution in [0.5, 0.6) is 0 Å². The van der Waals surface area contributed by atoms with Crippen LogP contribution in [-0.2, 0) is 16.4 Å². The maximum Gasteiger partial charge on any atom is 0.153 e. The normalized spacial score (nSPS) is 28.7. The number of rotatable bonds is 3. The Morgan fingerprint density at radius 1 is 1.62 bits per heavy atom. The third-order valence-electron chi connectivity index (χ3n) is 2.83. The SMILES string of the molecule is CN(Cc1cscn1)C1CS(=O)(=O)CC1N. The second-order valence-corrected chi connectivity index (χ2v) is 7.08. The van der Waals surface area contributed by atoms with E-state index in [-0.39, 0.29) is 23.6 Å². The van der Waals surface area contributed by atoms with Crippen LogP contribution in [-0.4, -0.2) is 48.9 Å². The summed E-state index contributed by atoms with van der Waals surface area (Å²) in [4.78, 5) is 6.15. The van der Waals surface area contributed by atoms with Gasteiger partial charge in [0.15, 0.2) is 9.84 Å². The molecule has 0 aromatic carbocycles. The molecule has 0 aliphatic carbocycles. The molecule has 1 aromatic heterocycles. The molecule has 2 rings (SSSR count). The van der Waals surface area contributed by atoms with Crippen LogP contribution in [0.15, 0.2) is 10.9 Å². The second kappa shape index (κ2) is 4.40. The Balaban J connectivity index is 2.03. The lowest BCUT2D eigenvalue weighted by Gasteiger charge is -2.25. The van der Waals surface area contributed by atoms with E-state index in [0.717, 1.165) is 5.69 Å². The minimum Gasteiger partial charge on any atom is -0.325 e. The molecular formula is C9H15N3O2S2. The van der Waals surface area contributed by atoms with Crippen molar-refractivity contribution in [1.29, 1.82) is 0 Å². The Hall–Kier alpha value is -0.500. The molecule has 0 spiro atoms. The highest BCUT2D eigenvalue weighted by Gasteiger charge is 2.37. The van der Waals surface area contributed by atoms with Crippen molar-refractivity contribution >= 4 is 21.2 Å². The molecule has 7 heteroatoms. The molecule has 1 aliphatic rings. The van der Waals surface area contributed by atoms with Crippen LogP contribution >= 0.6 is 11.3 Å². The molecule has 2 atom stereocenters. The van der Waals surface area contributed by atoms with Gasteiger partial charge in [-0.05, 0) is 7.05 Å². The number of likely N-dealkylation sites (N-methyl/N-ethyl adjacent to an activating group) is 1. The quantitative estimate of drug-likeness (QED) is 0.808. The van der Waals surface area contributed by atoms with Crippen molar-refractivity contribution in [1.82, 2.24) is 9.88 Å². The summed E-state index contributed by atoms with van der Waals surface area (Å²) >= 11 is 1.54. The fraction of sp³-hybridized carbons (Fsp3) is 0.667. The third kappa shape index (κ3) is 2.60. The smallest absolute Gasteiger partial charge is 0.153 e. The molecule has 1 fully saturated rings. The van der Waals surface area contributed by atoms with Gasteiger partial charge >= 0.3 is 0 Å². The van der Waals surface area contributed by atoms with Gasteiger partial charge in [0.05, 0.1) is 22.7 Å². The Morgan fingerprint density at radius 2 is 2.38 bits per heavy atom. The first-order chi connectivity index (χ1) is 7.48. The van der Waals surface area contributed by atoms with Gasteiger partial charge in [-0.1, -0.05) is 0 Å². The number of nitrogens with zero attached hydrogens (tertiary/aromatic N) is 2. The average Bonchev–Trinajstić information content (AvgIpc) is 2.73. The number of nitrogens with two attached hydrogens (primary N) is 1. The number of hydrogen-bond acceptors (Lipinski definition) is 6. The maximum atomic E-state index is 11.4. The first-order valence-electron chi connectivity index (χ1n) is 5.01. The Bertz CT molecular complexity index is 443. The van der Waals surface area contributed by atoms with Gasteiger partial charge in [-0.2, -0.15) is 0 Å². The highest BCUT2D eigenvalue weighted by Crippen LogP contribution is 2.17. The van der Waals surface area contributed by atoms with E-state index < -0.39 is 9.84 Å². The number of sulfone groups is 1. The lowest BCUT2D eigenvalue weighted by atomic mass is 10.1. The molecule has 0 radical (unpaired) electrons. The zero-order chi connectivity index (χ0) is 11.8. The minimum absolute atomic E-state index is 0.0910. The molecule has 16 heavy (non-hydrogen) atoms. The zero-order valence-corrected chi connectivity index (χ0v) is 10.7. The fourth-order valence-corrected chi connectivity index (χ4v) is 4.51. The number of aromatic nitrogens is 1. The van der Waals surface area contributed by atoms with Crippen molar-refractivity contribution in [2.45, 2.75) is 18.6 Å². The largest absolute Gasteiger partial charge is 0.325 e. The third-order valence-corrected chi connectivity index (χ3v) is 5.20. The summed E-state index contributed by atoms with van der Waals surface area (Å²) in [7, 11) is -1.06. The zero-order valence-electron chi connectivity index (χ0n) is 9.04. The summed E-state index contributed by atoms with van der Waals surface area (Å²) in [5.41, 5.74) is 8.58. The van der Waals surface area contributed by atoms with Gasteiger partial charge in [-0.25, -0.2) is 13.4 Å². The van der Waals surface area contributed by atoms with Crippen LogP contribution < -0.4 is 5.73 Å². The minimum atomic E-state index is -2.95. The predicted molar refractivity (Wildman–Crippen MR) is 64.0 cm³/mol. The lowest BCUT2D eigenvalue weighted by molar-refractivity contribution is 0.234. The van der Waals surface area contributed by atoms with E-state index in [1.165, 1.54) is 11.3 Å². The summed E-state index contributed by atoms with van der Waals surface area (Å²) in [6, 6.07) is -0.375. The van der Waals surface area contributed by atoms with E-state index in [0.29, 0.717) is 6.54 Å². The Morgan fingerprint density at radius 3 is 2.88 bits per heavy atom. The highest BCUT2D eigenvalue weighted by atomic mass is 32.2. The topological polar surface area (TPSA) is 76.3 Å². The molecule has 1 aliphatic heterocycles. The molecule has 2 unspecified atom stereocenters. The van der Waals surface area contributed by atoms with Gasteiger partial charge in [0.25, 0.3) is 0 Å². The van der Waals surface area contributed by atoms with Crippen molar-refractivity contribution in [2.75, 3.05) is 18.6 Å². The molecule has 2 heterocycles. The Labute approximate surface area is 99.2 Å². The van der Waals surface area contributed by atoms with Gasteiger partial charge in [0.1, 0.15) is 0 Å². The summed E-state index contributed by atoms with van der Waals surface area (Å²) in [6.45, 7) is 0.650. The van der Waals surface area contributed by atoms with E-state index in [1.807, 2.05) is 17.3 Å². The summed E-state index contributed by atoms with van der Waals surface area (Å²) in [5.74, 6) is 0.258. The van der Waals surface area contributed by atoms with Gasteiger partial charge in [0, 0.05) is 24.0 Å². The van der Waals surface area contributed by atoms with Gasteiger partial charge in [-0.3, -0.25) is 4.90 Å². The summed E-state index contributed by atoms with van der Waals surface area (Å²) < 4.78 is 22.9. The molecule has 90 valence electrons. The molecule has 0 saturated carbocycles. The fourth-order valence-electron chi connectivity index (χ4n) is 2.00. The van der Waals surface area contributed by atoms with E-state index in [2.05, 4.69) is 4.98 Å². The van der Waals surface area contributed by atoms with Crippen LogP contribution in [0.1, 0.15) is 5.69 Å². The first-order valence-corrected chi connectivity index (χ1v) is 7.78. The van der Waals surface area contributed by atoms with E-state index >= 15 is 0 Å². The lowest BCUT2D eigenvalue weighted by Crippen LogP contribution is -2.44. The van der Waals surface area contributed by atoms with Crippen molar-refractivity contribution < 1.29 is 8.42 Å². The highest BCUT2D eigenvalue weighted by molar-refractivity contribution is 7.91. The number of thiazole rings is 1. The molecule has 0 amide bonds. The van der Waals surface area contributed by atoms with E-state index in [1.54, 1.807) is 5.51 Å². The monoisotopic (exact) mass is 261 g/mol. The van der Waals surface area contributed by atoms with E-state index in [4.69, 9.17) is 5.73 Å². The second-order valence-electron chi connectivity index (χ2n) is 4.20. The van der Waals surface area contributed by atoms with Gasteiger partial charge in [-0.15, -0.1) is 11.3 Å². The summed E-state index contributed by atoms with van der Waals surface area (Å²) in [6.07, 6.45) is 0. The van der Waals surface area contributed by atoms with Crippen molar-refractivity contribution in [3.63, 3.8) is 0 Å². The average molecular weight is 261 g/mol. The summed E-state index contributed by atoms with van der Waals surface area (Å²) in [5, 5.41) is 1.96. The van der Waals surface area contributed by atoms with Crippen LogP contribution in [0.25, 0.3) is 0 Å². The number of hydrogen-bond donors (Lipinski definition) is 1. The molecule has 1 saturated heterocycles. The first kappa shape index (κ1) is 12.0. The van der Waals surface area contributed by atoms with Crippen molar-refractivity contribution in [2.24, 2.45) is 5.73 Å². The van der Waals surface area contributed by atoms with Crippen molar-refractivity contribution in [3.05, 3.63) is 16.6 Å². The van der Waals surface area contributed by atoms with Gasteiger partial charge in [0.2, 0.25) is 0 Å². The van der Waals surface area contributed by atoms with Gasteiger partial charge < -0.3 is 5.73 Å². The molecule has 5 nitrogen and oxygen atoms in total. The van der Waals surface area contributed by atoms with E-state index in [9.17, 15) is 8.42 Å². The van der Waals surface area contributed by atoms with Crippen LogP contribution in [0.2, 0.25) is 0 Å². The molecule has 0 bridgehead atoms. The maximum absolute atomic E-state index is 11.4.